The lowest BCUT2D eigenvalue weighted by Gasteiger charge is -2.35. The Balaban J connectivity index is 1.45. The average Bonchev–Trinajstić information content (AvgIpc) is 2.74. The molecule has 1 aromatic heterocycles. The lowest BCUT2D eigenvalue weighted by atomic mass is 10.1. The van der Waals surface area contributed by atoms with E-state index in [0.717, 1.165) is 37.7 Å². The van der Waals surface area contributed by atoms with Gasteiger partial charge in [-0.25, -0.2) is 17.8 Å². The first-order valence-electron chi connectivity index (χ1n) is 10.0. The lowest BCUT2D eigenvalue weighted by molar-refractivity contribution is 0.383. The molecule has 0 bridgehead atoms. The highest BCUT2D eigenvalue weighted by Gasteiger charge is 2.30. The van der Waals surface area contributed by atoms with Crippen molar-refractivity contribution < 1.29 is 12.8 Å². The molecular formula is C20H26FN5O2S. The predicted octanol–water partition coefficient (Wildman–Crippen LogP) is 2.43. The minimum atomic E-state index is -3.64. The third kappa shape index (κ3) is 4.20. The number of benzene rings is 1. The summed E-state index contributed by atoms with van der Waals surface area (Å²) in [5.41, 5.74) is 0.425. The predicted molar refractivity (Wildman–Crippen MR) is 110 cm³/mol. The Kier molecular flexibility index (Phi) is 5.69. The largest absolute Gasteiger partial charge is 0.354 e. The first-order chi connectivity index (χ1) is 13.9. The van der Waals surface area contributed by atoms with Gasteiger partial charge in [-0.3, -0.25) is 0 Å². The lowest BCUT2D eigenvalue weighted by Crippen LogP contribution is -2.49. The number of hydrogen-bond acceptors (Lipinski definition) is 6. The van der Waals surface area contributed by atoms with Gasteiger partial charge in [0, 0.05) is 45.5 Å². The van der Waals surface area contributed by atoms with E-state index in [1.54, 1.807) is 13.1 Å². The maximum Gasteiger partial charge on any atom is 0.243 e. The van der Waals surface area contributed by atoms with Crippen molar-refractivity contribution in [3.05, 3.63) is 41.8 Å². The summed E-state index contributed by atoms with van der Waals surface area (Å²) >= 11 is 0. The van der Waals surface area contributed by atoms with E-state index in [0.29, 0.717) is 31.7 Å². The highest BCUT2D eigenvalue weighted by atomic mass is 32.2. The number of aromatic nitrogens is 2. The van der Waals surface area contributed by atoms with Crippen LogP contribution in [-0.2, 0) is 10.0 Å². The number of anilines is 2. The van der Waals surface area contributed by atoms with Gasteiger partial charge in [-0.2, -0.15) is 9.29 Å². The van der Waals surface area contributed by atoms with Gasteiger partial charge >= 0.3 is 0 Å². The summed E-state index contributed by atoms with van der Waals surface area (Å²) in [4.78, 5) is 13.6. The van der Waals surface area contributed by atoms with Crippen LogP contribution in [0.4, 0.5) is 16.2 Å². The van der Waals surface area contributed by atoms with Gasteiger partial charge in [0.25, 0.3) is 0 Å². The number of aryl methyl sites for hydroxylation is 1. The zero-order chi connectivity index (χ0) is 20.4. The summed E-state index contributed by atoms with van der Waals surface area (Å²) in [5.74, 6) is 1.15. The molecule has 0 N–H and O–H groups in total. The molecule has 156 valence electrons. The molecular weight excluding hydrogens is 393 g/mol. The first kappa shape index (κ1) is 20.0. The van der Waals surface area contributed by atoms with Crippen LogP contribution in [0.3, 0.4) is 0 Å². The Bertz CT molecular complexity index is 971. The number of piperazine rings is 1. The van der Waals surface area contributed by atoms with E-state index in [9.17, 15) is 12.8 Å². The van der Waals surface area contributed by atoms with Crippen LogP contribution in [-0.4, -0.2) is 62.0 Å². The molecule has 2 aliphatic heterocycles. The average molecular weight is 420 g/mol. The van der Waals surface area contributed by atoms with Gasteiger partial charge in [-0.05, 0) is 56.0 Å². The maximum absolute atomic E-state index is 13.4. The molecule has 0 amide bonds. The molecule has 2 fully saturated rings. The Labute approximate surface area is 171 Å². The molecule has 2 aromatic rings. The van der Waals surface area contributed by atoms with E-state index in [4.69, 9.17) is 4.98 Å². The quantitative estimate of drug-likeness (QED) is 0.758. The molecule has 9 heteroatoms. The van der Waals surface area contributed by atoms with Crippen LogP contribution >= 0.6 is 0 Å². The molecule has 1 aromatic carbocycles. The summed E-state index contributed by atoms with van der Waals surface area (Å²) < 4.78 is 40.8. The molecule has 4 rings (SSSR count). The Morgan fingerprint density at radius 1 is 0.931 bits per heavy atom. The maximum atomic E-state index is 13.4. The van der Waals surface area contributed by atoms with Gasteiger partial charge < -0.3 is 9.80 Å². The van der Waals surface area contributed by atoms with Crippen LogP contribution in [0.15, 0.2) is 35.4 Å². The summed E-state index contributed by atoms with van der Waals surface area (Å²) in [6.07, 6.45) is 5.34. The smallest absolute Gasteiger partial charge is 0.243 e. The number of nitrogens with zero attached hydrogens (tertiary/aromatic N) is 5. The second kappa shape index (κ2) is 8.23. The minimum absolute atomic E-state index is 0.168. The number of piperidine rings is 1. The molecule has 0 unspecified atom stereocenters. The number of sulfonamides is 1. The molecule has 7 nitrogen and oxygen atoms in total. The van der Waals surface area contributed by atoms with E-state index >= 15 is 0 Å². The minimum Gasteiger partial charge on any atom is -0.354 e. The highest BCUT2D eigenvalue weighted by molar-refractivity contribution is 7.89. The first-order valence-corrected chi connectivity index (χ1v) is 11.5. The fraction of sp³-hybridized carbons (Fsp3) is 0.500. The molecule has 29 heavy (non-hydrogen) atoms. The molecule has 0 saturated carbocycles. The van der Waals surface area contributed by atoms with Gasteiger partial charge in [0.15, 0.2) is 0 Å². The van der Waals surface area contributed by atoms with Crippen molar-refractivity contribution in [2.45, 2.75) is 31.1 Å². The van der Waals surface area contributed by atoms with Crippen molar-refractivity contribution >= 4 is 21.8 Å². The van der Waals surface area contributed by atoms with Crippen molar-refractivity contribution in [1.29, 1.82) is 0 Å². The molecule has 0 radical (unpaired) electrons. The molecule has 0 spiro atoms. The Morgan fingerprint density at radius 3 is 2.34 bits per heavy atom. The van der Waals surface area contributed by atoms with Crippen molar-refractivity contribution in [3.8, 4) is 0 Å². The third-order valence-electron chi connectivity index (χ3n) is 5.58. The second-order valence-corrected chi connectivity index (χ2v) is 9.47. The van der Waals surface area contributed by atoms with Crippen molar-refractivity contribution in [1.82, 2.24) is 14.3 Å². The van der Waals surface area contributed by atoms with Gasteiger partial charge in [0.05, 0.1) is 4.90 Å². The van der Waals surface area contributed by atoms with Crippen LogP contribution in [0.2, 0.25) is 0 Å². The normalized spacial score (nSPS) is 18.8. The summed E-state index contributed by atoms with van der Waals surface area (Å²) in [7, 11) is -3.64. The van der Waals surface area contributed by atoms with E-state index in [2.05, 4.69) is 14.8 Å². The summed E-state index contributed by atoms with van der Waals surface area (Å²) in [6.45, 7) is 5.41. The zero-order valence-corrected chi connectivity index (χ0v) is 17.4. The van der Waals surface area contributed by atoms with Crippen molar-refractivity contribution in [3.63, 3.8) is 0 Å². The van der Waals surface area contributed by atoms with Gasteiger partial charge in [0.1, 0.15) is 11.6 Å². The molecule has 0 atom stereocenters. The van der Waals surface area contributed by atoms with Gasteiger partial charge in [-0.15, -0.1) is 0 Å². The number of hydrogen-bond donors (Lipinski definition) is 0. The van der Waals surface area contributed by atoms with Crippen LogP contribution in [0, 0.1) is 12.7 Å². The van der Waals surface area contributed by atoms with Crippen LogP contribution in [0.1, 0.15) is 24.8 Å². The van der Waals surface area contributed by atoms with Crippen LogP contribution in [0.25, 0.3) is 0 Å². The SMILES string of the molecule is Cc1cc(F)ccc1S(=O)(=O)N1CCN(c2ccnc(N3CCCCC3)n2)CC1. The van der Waals surface area contributed by atoms with E-state index in [-0.39, 0.29) is 4.90 Å². The molecule has 3 heterocycles. The van der Waals surface area contributed by atoms with Crippen molar-refractivity contribution in [2.75, 3.05) is 49.1 Å². The van der Waals surface area contributed by atoms with Gasteiger partial charge in [-0.1, -0.05) is 0 Å². The number of halogens is 1. The van der Waals surface area contributed by atoms with Crippen molar-refractivity contribution in [2.24, 2.45) is 0 Å². The van der Waals surface area contributed by atoms with E-state index in [1.165, 1.54) is 28.9 Å². The monoisotopic (exact) mass is 419 g/mol. The number of rotatable bonds is 4. The third-order valence-corrected chi connectivity index (χ3v) is 7.64. The van der Waals surface area contributed by atoms with Crippen LogP contribution < -0.4 is 9.80 Å². The van der Waals surface area contributed by atoms with E-state index < -0.39 is 15.8 Å². The fourth-order valence-electron chi connectivity index (χ4n) is 3.96. The molecule has 2 aliphatic rings. The zero-order valence-electron chi connectivity index (χ0n) is 16.6. The molecule has 0 aliphatic carbocycles. The fourth-order valence-corrected chi connectivity index (χ4v) is 5.59. The Morgan fingerprint density at radius 2 is 1.66 bits per heavy atom. The molecule has 2 saturated heterocycles. The van der Waals surface area contributed by atoms with E-state index in [1.807, 2.05) is 6.07 Å². The standard InChI is InChI=1S/C20H26FN5O2S/c1-16-15-17(21)5-6-18(16)29(27,28)26-13-11-24(12-14-26)19-7-8-22-20(23-19)25-9-3-2-4-10-25/h5-8,15H,2-4,9-14H2,1H3. The summed E-state index contributed by atoms with van der Waals surface area (Å²) in [5, 5.41) is 0. The topological polar surface area (TPSA) is 69.6 Å². The second-order valence-electron chi connectivity index (χ2n) is 7.56. The Hall–Kier alpha value is -2.26. The highest BCUT2D eigenvalue weighted by Crippen LogP contribution is 2.24. The summed E-state index contributed by atoms with van der Waals surface area (Å²) in [6, 6.07) is 5.68. The van der Waals surface area contributed by atoms with Gasteiger partial charge in [0.2, 0.25) is 16.0 Å². The van der Waals surface area contributed by atoms with Crippen LogP contribution in [0.5, 0.6) is 0 Å².